The molecule has 0 unspecified atom stereocenters. The molecular formula is C12H15N3S. The maximum absolute atomic E-state index is 5.75. The lowest BCUT2D eigenvalue weighted by Crippen LogP contribution is -2.16. The summed E-state index contributed by atoms with van der Waals surface area (Å²) in [4.78, 5) is 6.59. The minimum Gasteiger partial charge on any atom is -0.399 e. The summed E-state index contributed by atoms with van der Waals surface area (Å²) >= 11 is 1.68. The van der Waals surface area contributed by atoms with Crippen molar-refractivity contribution in [2.75, 3.05) is 17.7 Å². The van der Waals surface area contributed by atoms with Crippen LogP contribution >= 0.6 is 11.3 Å². The second kappa shape index (κ2) is 4.53. The van der Waals surface area contributed by atoms with Gasteiger partial charge in [0.05, 0.1) is 17.2 Å². The van der Waals surface area contributed by atoms with Crippen LogP contribution in [0, 0.1) is 6.92 Å². The van der Waals surface area contributed by atoms with Gasteiger partial charge in [0.15, 0.2) is 0 Å². The molecule has 16 heavy (non-hydrogen) atoms. The average Bonchev–Trinajstić information content (AvgIpc) is 2.64. The Kier molecular flexibility index (Phi) is 3.10. The highest BCUT2D eigenvalue weighted by Gasteiger charge is 2.04. The first-order chi connectivity index (χ1) is 7.65. The van der Waals surface area contributed by atoms with Crippen LogP contribution in [0.4, 0.5) is 11.4 Å². The monoisotopic (exact) mass is 233 g/mol. The summed E-state index contributed by atoms with van der Waals surface area (Å²) in [7, 11) is 2.05. The number of benzene rings is 1. The molecule has 0 aliphatic carbocycles. The number of thiazole rings is 1. The molecular weight excluding hydrogens is 218 g/mol. The van der Waals surface area contributed by atoms with Gasteiger partial charge in [-0.05, 0) is 25.1 Å². The molecule has 2 N–H and O–H groups in total. The van der Waals surface area contributed by atoms with Gasteiger partial charge >= 0.3 is 0 Å². The first-order valence-corrected chi connectivity index (χ1v) is 6.01. The maximum Gasteiger partial charge on any atom is 0.0898 e. The Hall–Kier alpha value is -1.55. The number of nitrogens with zero attached hydrogens (tertiary/aromatic N) is 2. The summed E-state index contributed by atoms with van der Waals surface area (Å²) < 4.78 is 0. The van der Waals surface area contributed by atoms with Gasteiger partial charge in [0.1, 0.15) is 0 Å². The molecule has 0 saturated heterocycles. The predicted octanol–water partition coefficient (Wildman–Crippen LogP) is 2.67. The number of nitrogens with two attached hydrogens (primary N) is 1. The number of anilines is 2. The van der Waals surface area contributed by atoms with E-state index in [1.165, 1.54) is 0 Å². The largest absolute Gasteiger partial charge is 0.399 e. The van der Waals surface area contributed by atoms with Gasteiger partial charge in [0, 0.05) is 23.8 Å². The SMILES string of the molecule is Cc1nc(CN(C)c2cccc(N)c2)cs1. The van der Waals surface area contributed by atoms with Crippen molar-refractivity contribution in [3.8, 4) is 0 Å². The molecule has 0 saturated carbocycles. The summed E-state index contributed by atoms with van der Waals surface area (Å²) in [5, 5.41) is 3.20. The number of aryl methyl sites for hydroxylation is 1. The Labute approximate surface area is 99.5 Å². The lowest BCUT2D eigenvalue weighted by molar-refractivity contribution is 0.890. The van der Waals surface area contributed by atoms with Gasteiger partial charge in [-0.3, -0.25) is 0 Å². The number of hydrogen-bond donors (Lipinski definition) is 1. The third-order valence-corrected chi connectivity index (χ3v) is 3.20. The zero-order valence-corrected chi connectivity index (χ0v) is 10.3. The normalized spacial score (nSPS) is 10.4. The van der Waals surface area contributed by atoms with Gasteiger partial charge in [-0.25, -0.2) is 4.98 Å². The smallest absolute Gasteiger partial charge is 0.0898 e. The van der Waals surface area contributed by atoms with Gasteiger partial charge in [-0.2, -0.15) is 0 Å². The molecule has 3 nitrogen and oxygen atoms in total. The molecule has 0 aliphatic heterocycles. The van der Waals surface area contributed by atoms with Crippen molar-refractivity contribution in [2.24, 2.45) is 0 Å². The van der Waals surface area contributed by atoms with E-state index in [0.717, 1.165) is 28.6 Å². The van der Waals surface area contributed by atoms with Crippen molar-refractivity contribution in [2.45, 2.75) is 13.5 Å². The molecule has 84 valence electrons. The van der Waals surface area contributed by atoms with Crippen LogP contribution in [0.1, 0.15) is 10.7 Å². The van der Waals surface area contributed by atoms with Gasteiger partial charge in [0.2, 0.25) is 0 Å². The highest BCUT2D eigenvalue weighted by Crippen LogP contribution is 2.18. The maximum atomic E-state index is 5.75. The lowest BCUT2D eigenvalue weighted by atomic mass is 10.2. The van der Waals surface area contributed by atoms with Crippen LogP contribution in [-0.4, -0.2) is 12.0 Å². The van der Waals surface area contributed by atoms with Crippen molar-refractivity contribution in [1.29, 1.82) is 0 Å². The van der Waals surface area contributed by atoms with Gasteiger partial charge in [0.25, 0.3) is 0 Å². The van der Waals surface area contributed by atoms with Crippen LogP contribution in [0.3, 0.4) is 0 Å². The first-order valence-electron chi connectivity index (χ1n) is 5.13. The van der Waals surface area contributed by atoms with Crippen molar-refractivity contribution in [1.82, 2.24) is 4.98 Å². The second-order valence-electron chi connectivity index (χ2n) is 3.81. The second-order valence-corrected chi connectivity index (χ2v) is 4.87. The van der Waals surface area contributed by atoms with Crippen LogP contribution in [0.5, 0.6) is 0 Å². The Balaban J connectivity index is 2.11. The molecule has 1 aromatic heterocycles. The van der Waals surface area contributed by atoms with E-state index in [0.29, 0.717) is 0 Å². The minimum absolute atomic E-state index is 0.791. The summed E-state index contributed by atoms with van der Waals surface area (Å²) in [6.45, 7) is 2.84. The standard InChI is InChI=1S/C12H15N3S/c1-9-14-11(8-16-9)7-15(2)12-5-3-4-10(13)6-12/h3-6,8H,7,13H2,1-2H3. The van der Waals surface area contributed by atoms with E-state index in [2.05, 4.69) is 21.3 Å². The molecule has 4 heteroatoms. The lowest BCUT2D eigenvalue weighted by Gasteiger charge is -2.18. The quantitative estimate of drug-likeness (QED) is 0.829. The van der Waals surface area contributed by atoms with Crippen molar-refractivity contribution < 1.29 is 0 Å². The first kappa shape index (κ1) is 11.0. The van der Waals surface area contributed by atoms with Crippen LogP contribution in [0.15, 0.2) is 29.6 Å². The minimum atomic E-state index is 0.791. The Bertz CT molecular complexity index is 479. The topological polar surface area (TPSA) is 42.2 Å². The molecule has 0 fully saturated rings. The zero-order valence-electron chi connectivity index (χ0n) is 9.47. The Morgan fingerprint density at radius 2 is 2.25 bits per heavy atom. The van der Waals surface area contributed by atoms with Crippen LogP contribution in [0.25, 0.3) is 0 Å². The van der Waals surface area contributed by atoms with E-state index >= 15 is 0 Å². The highest BCUT2D eigenvalue weighted by atomic mass is 32.1. The van der Waals surface area contributed by atoms with Crippen molar-refractivity contribution in [3.63, 3.8) is 0 Å². The fourth-order valence-corrected chi connectivity index (χ4v) is 2.18. The van der Waals surface area contributed by atoms with Crippen LogP contribution in [-0.2, 0) is 6.54 Å². The molecule has 0 aliphatic rings. The van der Waals surface area contributed by atoms with E-state index in [-0.39, 0.29) is 0 Å². The summed E-state index contributed by atoms with van der Waals surface area (Å²) in [5.74, 6) is 0. The van der Waals surface area contributed by atoms with Gasteiger partial charge < -0.3 is 10.6 Å². The van der Waals surface area contributed by atoms with Gasteiger partial charge in [-0.1, -0.05) is 6.07 Å². The number of nitrogen functional groups attached to an aromatic ring is 1. The van der Waals surface area contributed by atoms with E-state index < -0.39 is 0 Å². The van der Waals surface area contributed by atoms with Crippen molar-refractivity contribution >= 4 is 22.7 Å². The molecule has 0 spiro atoms. The zero-order chi connectivity index (χ0) is 11.5. The molecule has 0 radical (unpaired) electrons. The predicted molar refractivity (Wildman–Crippen MR) is 69.8 cm³/mol. The van der Waals surface area contributed by atoms with E-state index in [9.17, 15) is 0 Å². The number of rotatable bonds is 3. The molecule has 2 aromatic rings. The molecule has 0 amide bonds. The molecule has 1 aromatic carbocycles. The molecule has 1 heterocycles. The summed E-state index contributed by atoms with van der Waals surface area (Å²) in [5.41, 5.74) is 8.76. The van der Waals surface area contributed by atoms with Crippen LogP contribution < -0.4 is 10.6 Å². The molecule has 0 bridgehead atoms. The van der Waals surface area contributed by atoms with Gasteiger partial charge in [-0.15, -0.1) is 11.3 Å². The van der Waals surface area contributed by atoms with E-state index in [1.54, 1.807) is 11.3 Å². The summed E-state index contributed by atoms with van der Waals surface area (Å²) in [6.07, 6.45) is 0. The Morgan fingerprint density at radius 1 is 1.44 bits per heavy atom. The third kappa shape index (κ3) is 2.52. The fraction of sp³-hybridized carbons (Fsp3) is 0.250. The fourth-order valence-electron chi connectivity index (χ4n) is 1.58. The third-order valence-electron chi connectivity index (χ3n) is 2.38. The van der Waals surface area contributed by atoms with Crippen molar-refractivity contribution in [3.05, 3.63) is 40.3 Å². The highest BCUT2D eigenvalue weighted by molar-refractivity contribution is 7.09. The van der Waals surface area contributed by atoms with E-state index in [4.69, 9.17) is 5.73 Å². The van der Waals surface area contributed by atoms with Crippen LogP contribution in [0.2, 0.25) is 0 Å². The molecule has 2 rings (SSSR count). The Morgan fingerprint density at radius 3 is 2.88 bits per heavy atom. The summed E-state index contributed by atoms with van der Waals surface area (Å²) in [6, 6.07) is 7.88. The molecule has 0 atom stereocenters. The number of hydrogen-bond acceptors (Lipinski definition) is 4. The average molecular weight is 233 g/mol. The van der Waals surface area contributed by atoms with E-state index in [1.807, 2.05) is 32.2 Å². The number of aromatic nitrogens is 1.